The largest absolute Gasteiger partial charge is 0.478 e. The Morgan fingerprint density at radius 1 is 1.58 bits per heavy atom. The van der Waals surface area contributed by atoms with E-state index in [1.165, 1.54) is 6.20 Å². The third-order valence-corrected chi connectivity index (χ3v) is 3.24. The van der Waals surface area contributed by atoms with Crippen LogP contribution in [-0.4, -0.2) is 39.3 Å². The number of ether oxygens (including phenoxy) is 1. The van der Waals surface area contributed by atoms with Crippen LogP contribution in [0, 0.1) is 6.92 Å². The van der Waals surface area contributed by atoms with Gasteiger partial charge in [-0.15, -0.1) is 0 Å². The van der Waals surface area contributed by atoms with Gasteiger partial charge in [-0.25, -0.2) is 14.8 Å². The SMILES string of the molecule is Cc1nc(NC2CCOC(C)(C)C2)ncc1C(=O)O. The van der Waals surface area contributed by atoms with E-state index in [1.807, 2.05) is 0 Å². The molecule has 0 amide bonds. The highest BCUT2D eigenvalue weighted by molar-refractivity contribution is 5.88. The molecule has 0 saturated carbocycles. The molecule has 0 aliphatic carbocycles. The average molecular weight is 265 g/mol. The van der Waals surface area contributed by atoms with Crippen molar-refractivity contribution >= 4 is 11.9 Å². The van der Waals surface area contributed by atoms with Gasteiger partial charge in [0.2, 0.25) is 5.95 Å². The first kappa shape index (κ1) is 13.7. The number of hydrogen-bond donors (Lipinski definition) is 2. The molecule has 1 aromatic rings. The zero-order chi connectivity index (χ0) is 14.0. The predicted octanol–water partition coefficient (Wildman–Crippen LogP) is 1.85. The lowest BCUT2D eigenvalue weighted by Gasteiger charge is -2.35. The van der Waals surface area contributed by atoms with Crippen LogP contribution in [0.1, 0.15) is 42.7 Å². The van der Waals surface area contributed by atoms with Crippen LogP contribution in [-0.2, 0) is 4.74 Å². The number of nitrogens with zero attached hydrogens (tertiary/aromatic N) is 2. The first-order valence-corrected chi connectivity index (χ1v) is 6.35. The van der Waals surface area contributed by atoms with Crippen molar-refractivity contribution in [1.82, 2.24) is 9.97 Å². The Morgan fingerprint density at radius 3 is 2.89 bits per heavy atom. The van der Waals surface area contributed by atoms with Crippen LogP contribution in [0.15, 0.2) is 6.20 Å². The lowest BCUT2D eigenvalue weighted by atomic mass is 9.94. The molecule has 6 heteroatoms. The number of carboxylic acids is 1. The number of carbonyl (C=O) groups is 1. The molecule has 0 aromatic carbocycles. The summed E-state index contributed by atoms with van der Waals surface area (Å²) in [5.41, 5.74) is 0.459. The maximum atomic E-state index is 10.9. The van der Waals surface area contributed by atoms with E-state index in [1.54, 1.807) is 6.92 Å². The Kier molecular flexibility index (Phi) is 3.71. The van der Waals surface area contributed by atoms with Crippen molar-refractivity contribution in [3.63, 3.8) is 0 Å². The van der Waals surface area contributed by atoms with Gasteiger partial charge in [-0.05, 0) is 33.6 Å². The van der Waals surface area contributed by atoms with E-state index in [9.17, 15) is 4.79 Å². The number of aromatic nitrogens is 2. The first-order valence-electron chi connectivity index (χ1n) is 6.35. The summed E-state index contributed by atoms with van der Waals surface area (Å²) in [6.45, 7) is 6.49. The normalized spacial score (nSPS) is 21.9. The third kappa shape index (κ3) is 3.41. The van der Waals surface area contributed by atoms with Crippen LogP contribution in [0.3, 0.4) is 0 Å². The van der Waals surface area contributed by atoms with Gasteiger partial charge in [0.05, 0.1) is 16.9 Å². The van der Waals surface area contributed by atoms with Gasteiger partial charge >= 0.3 is 5.97 Å². The summed E-state index contributed by atoms with van der Waals surface area (Å²) in [5, 5.41) is 12.2. The summed E-state index contributed by atoms with van der Waals surface area (Å²) in [6.07, 6.45) is 3.11. The highest BCUT2D eigenvalue weighted by Gasteiger charge is 2.29. The van der Waals surface area contributed by atoms with E-state index < -0.39 is 5.97 Å². The summed E-state index contributed by atoms with van der Waals surface area (Å²) >= 11 is 0. The van der Waals surface area contributed by atoms with Crippen LogP contribution in [0.4, 0.5) is 5.95 Å². The third-order valence-electron chi connectivity index (χ3n) is 3.24. The maximum absolute atomic E-state index is 10.9. The molecule has 0 radical (unpaired) electrons. The molecule has 0 spiro atoms. The molecule has 1 aliphatic rings. The van der Waals surface area contributed by atoms with Gasteiger partial charge in [-0.3, -0.25) is 0 Å². The minimum atomic E-state index is -1.00. The number of aromatic carboxylic acids is 1. The standard InChI is InChI=1S/C13H19N3O3/c1-8-10(11(17)18)7-14-12(15-8)16-9-4-5-19-13(2,3)6-9/h7,9H,4-6H2,1-3H3,(H,17,18)(H,14,15,16). The van der Waals surface area contributed by atoms with Gasteiger partial charge in [0.1, 0.15) is 0 Å². The van der Waals surface area contributed by atoms with Gasteiger partial charge in [-0.2, -0.15) is 0 Å². The highest BCUT2D eigenvalue weighted by atomic mass is 16.5. The van der Waals surface area contributed by atoms with Crippen molar-refractivity contribution in [2.24, 2.45) is 0 Å². The Morgan fingerprint density at radius 2 is 2.32 bits per heavy atom. The average Bonchev–Trinajstić information content (AvgIpc) is 2.27. The van der Waals surface area contributed by atoms with Crippen LogP contribution in [0.2, 0.25) is 0 Å². The fraction of sp³-hybridized carbons (Fsp3) is 0.615. The van der Waals surface area contributed by atoms with Crippen LogP contribution in [0.25, 0.3) is 0 Å². The molecule has 2 rings (SSSR count). The van der Waals surface area contributed by atoms with Crippen molar-refractivity contribution in [1.29, 1.82) is 0 Å². The second-order valence-electron chi connectivity index (χ2n) is 5.44. The molecular formula is C13H19N3O3. The van der Waals surface area contributed by atoms with Gasteiger partial charge in [0.25, 0.3) is 0 Å². The summed E-state index contributed by atoms with van der Waals surface area (Å²) < 4.78 is 5.65. The molecule has 104 valence electrons. The molecule has 1 fully saturated rings. The molecule has 2 heterocycles. The minimum Gasteiger partial charge on any atom is -0.478 e. The predicted molar refractivity (Wildman–Crippen MR) is 70.4 cm³/mol. The van der Waals surface area contributed by atoms with Gasteiger partial charge < -0.3 is 15.2 Å². The van der Waals surface area contributed by atoms with Crippen LogP contribution >= 0.6 is 0 Å². The molecule has 1 unspecified atom stereocenters. The lowest BCUT2D eigenvalue weighted by Crippen LogP contribution is -2.40. The van der Waals surface area contributed by atoms with Gasteiger partial charge in [0, 0.05) is 18.8 Å². The van der Waals surface area contributed by atoms with Crippen molar-refractivity contribution in [3.8, 4) is 0 Å². The van der Waals surface area contributed by atoms with Crippen molar-refractivity contribution in [2.75, 3.05) is 11.9 Å². The summed E-state index contributed by atoms with van der Waals surface area (Å²) in [6, 6.07) is 0.249. The Balaban J connectivity index is 2.07. The van der Waals surface area contributed by atoms with E-state index in [2.05, 4.69) is 29.1 Å². The number of rotatable bonds is 3. The van der Waals surface area contributed by atoms with Crippen molar-refractivity contribution in [2.45, 2.75) is 45.3 Å². The molecule has 1 saturated heterocycles. The summed E-state index contributed by atoms with van der Waals surface area (Å²) in [4.78, 5) is 19.1. The second kappa shape index (κ2) is 5.13. The fourth-order valence-corrected chi connectivity index (χ4v) is 2.28. The number of anilines is 1. The molecule has 1 atom stereocenters. The maximum Gasteiger partial charge on any atom is 0.339 e. The number of nitrogens with one attached hydrogen (secondary N) is 1. The Labute approximate surface area is 112 Å². The second-order valence-corrected chi connectivity index (χ2v) is 5.44. The lowest BCUT2D eigenvalue weighted by molar-refractivity contribution is -0.0554. The quantitative estimate of drug-likeness (QED) is 0.867. The number of hydrogen-bond acceptors (Lipinski definition) is 5. The molecule has 19 heavy (non-hydrogen) atoms. The molecular weight excluding hydrogens is 246 g/mol. The topological polar surface area (TPSA) is 84.3 Å². The number of carboxylic acid groups (broad SMARTS) is 1. The first-order chi connectivity index (χ1) is 8.87. The number of aryl methyl sites for hydroxylation is 1. The van der Waals surface area contributed by atoms with Crippen LogP contribution < -0.4 is 5.32 Å². The van der Waals surface area contributed by atoms with Crippen molar-refractivity contribution in [3.05, 3.63) is 17.5 Å². The Bertz CT molecular complexity index is 488. The molecule has 6 nitrogen and oxygen atoms in total. The summed E-state index contributed by atoms with van der Waals surface area (Å²) in [5.74, 6) is -0.526. The molecule has 1 aliphatic heterocycles. The van der Waals surface area contributed by atoms with E-state index >= 15 is 0 Å². The summed E-state index contributed by atoms with van der Waals surface area (Å²) in [7, 11) is 0. The minimum absolute atomic E-state index is 0.137. The Hall–Kier alpha value is -1.69. The molecule has 0 bridgehead atoms. The smallest absolute Gasteiger partial charge is 0.339 e. The zero-order valence-electron chi connectivity index (χ0n) is 11.4. The highest BCUT2D eigenvalue weighted by Crippen LogP contribution is 2.25. The molecule has 1 aromatic heterocycles. The monoisotopic (exact) mass is 265 g/mol. The van der Waals surface area contributed by atoms with Crippen LogP contribution in [0.5, 0.6) is 0 Å². The zero-order valence-corrected chi connectivity index (χ0v) is 11.4. The van der Waals surface area contributed by atoms with Gasteiger partial charge in [0.15, 0.2) is 0 Å². The van der Waals surface area contributed by atoms with E-state index in [0.29, 0.717) is 18.2 Å². The van der Waals surface area contributed by atoms with E-state index in [0.717, 1.165) is 12.8 Å². The molecule has 2 N–H and O–H groups in total. The van der Waals surface area contributed by atoms with E-state index in [-0.39, 0.29) is 17.2 Å². The van der Waals surface area contributed by atoms with E-state index in [4.69, 9.17) is 9.84 Å². The fourth-order valence-electron chi connectivity index (χ4n) is 2.28. The van der Waals surface area contributed by atoms with Crippen molar-refractivity contribution < 1.29 is 14.6 Å². The van der Waals surface area contributed by atoms with Gasteiger partial charge in [-0.1, -0.05) is 0 Å².